The number of anilines is 1. The van der Waals surface area contributed by atoms with Gasteiger partial charge in [-0.15, -0.1) is 0 Å². The number of rotatable bonds is 3. The Morgan fingerprint density at radius 1 is 1.39 bits per heavy atom. The molecule has 0 saturated carbocycles. The molecule has 0 radical (unpaired) electrons. The van der Waals surface area contributed by atoms with Crippen LogP contribution in [0.25, 0.3) is 11.3 Å². The normalized spacial score (nSPS) is 11.1. The Kier molecular flexibility index (Phi) is 4.35. The van der Waals surface area contributed by atoms with Gasteiger partial charge in [0.15, 0.2) is 0 Å². The molecule has 23 heavy (non-hydrogen) atoms. The molecule has 0 atom stereocenters. The lowest BCUT2D eigenvalue weighted by molar-refractivity contribution is -0.384. The Morgan fingerprint density at radius 3 is 2.70 bits per heavy atom. The van der Waals surface area contributed by atoms with Gasteiger partial charge in [0.2, 0.25) is 0 Å². The number of ether oxygens (including phenoxy) is 1. The van der Waals surface area contributed by atoms with Gasteiger partial charge in [0, 0.05) is 18.3 Å². The quantitative estimate of drug-likeness (QED) is 0.691. The van der Waals surface area contributed by atoms with Crippen LogP contribution in [0.5, 0.6) is 0 Å². The van der Waals surface area contributed by atoms with Crippen molar-refractivity contribution in [1.29, 1.82) is 0 Å². The maximum Gasteiger partial charge on any atom is 0.412 e. The van der Waals surface area contributed by atoms with E-state index < -0.39 is 16.6 Å². The van der Waals surface area contributed by atoms with E-state index in [1.54, 1.807) is 52.1 Å². The first-order valence-corrected chi connectivity index (χ1v) is 6.94. The molecule has 0 aliphatic rings. The largest absolute Gasteiger partial charge is 0.444 e. The van der Waals surface area contributed by atoms with Crippen molar-refractivity contribution in [3.63, 3.8) is 0 Å². The number of amides is 1. The summed E-state index contributed by atoms with van der Waals surface area (Å²) in [6.07, 6.45) is 0.609. The Labute approximate surface area is 133 Å². The topological polar surface area (TPSA) is 99.3 Å². The average Bonchev–Trinajstić information content (AvgIpc) is 2.78. The lowest BCUT2D eigenvalue weighted by Gasteiger charge is -2.19. The van der Waals surface area contributed by atoms with E-state index in [1.165, 1.54) is 10.9 Å². The summed E-state index contributed by atoms with van der Waals surface area (Å²) in [6.45, 7) is 5.30. The number of benzene rings is 1. The van der Waals surface area contributed by atoms with Gasteiger partial charge in [-0.25, -0.2) is 4.79 Å². The van der Waals surface area contributed by atoms with Crippen LogP contribution in [0.15, 0.2) is 30.5 Å². The van der Waals surface area contributed by atoms with E-state index in [1.807, 2.05) is 0 Å². The summed E-state index contributed by atoms with van der Waals surface area (Å²) in [7, 11) is 1.62. The second-order valence-electron chi connectivity index (χ2n) is 5.97. The molecule has 2 rings (SSSR count). The van der Waals surface area contributed by atoms with E-state index in [-0.39, 0.29) is 5.69 Å². The third kappa shape index (κ3) is 4.06. The molecule has 0 fully saturated rings. The summed E-state index contributed by atoms with van der Waals surface area (Å²) in [5.74, 6) is 0. The highest BCUT2D eigenvalue weighted by Gasteiger charge is 2.21. The minimum absolute atomic E-state index is 0.0954. The van der Waals surface area contributed by atoms with Crippen molar-refractivity contribution in [1.82, 2.24) is 9.78 Å². The SMILES string of the molecule is Cn1ncc([N+](=O)[O-])c1-c1cccc(NC(=O)OC(C)(C)C)c1. The third-order valence-electron chi connectivity index (χ3n) is 2.90. The Balaban J connectivity index is 2.29. The van der Waals surface area contributed by atoms with E-state index in [2.05, 4.69) is 10.4 Å². The molecule has 0 unspecified atom stereocenters. The van der Waals surface area contributed by atoms with Gasteiger partial charge in [0.25, 0.3) is 0 Å². The minimum atomic E-state index is -0.609. The minimum Gasteiger partial charge on any atom is -0.444 e. The van der Waals surface area contributed by atoms with Crippen LogP contribution in [0, 0.1) is 10.1 Å². The van der Waals surface area contributed by atoms with E-state index in [4.69, 9.17) is 4.74 Å². The molecule has 0 bridgehead atoms. The number of carbonyl (C=O) groups excluding carboxylic acids is 1. The standard InChI is InChI=1S/C15H18N4O4/c1-15(2,3)23-14(20)17-11-7-5-6-10(8-11)13-12(19(21)22)9-16-18(13)4/h5-9H,1-4H3,(H,17,20). The zero-order valence-corrected chi connectivity index (χ0v) is 13.4. The number of aromatic nitrogens is 2. The summed E-state index contributed by atoms with van der Waals surface area (Å²) >= 11 is 0. The van der Waals surface area contributed by atoms with Crippen LogP contribution < -0.4 is 5.32 Å². The molecule has 1 N–H and O–H groups in total. The maximum absolute atomic E-state index is 11.8. The van der Waals surface area contributed by atoms with Crippen LogP contribution in [-0.4, -0.2) is 26.4 Å². The van der Waals surface area contributed by atoms with Gasteiger partial charge in [0.05, 0.1) is 4.92 Å². The fourth-order valence-electron chi connectivity index (χ4n) is 2.06. The second kappa shape index (κ2) is 6.07. The van der Waals surface area contributed by atoms with Crippen LogP contribution in [0.4, 0.5) is 16.2 Å². The second-order valence-corrected chi connectivity index (χ2v) is 5.97. The Morgan fingerprint density at radius 2 is 2.09 bits per heavy atom. The molecular formula is C15H18N4O4. The molecule has 1 aromatic carbocycles. The monoisotopic (exact) mass is 318 g/mol. The number of hydrogen-bond acceptors (Lipinski definition) is 5. The van der Waals surface area contributed by atoms with Gasteiger partial charge in [-0.3, -0.25) is 20.1 Å². The maximum atomic E-state index is 11.8. The molecular weight excluding hydrogens is 300 g/mol. The van der Waals surface area contributed by atoms with Gasteiger partial charge < -0.3 is 4.74 Å². The number of hydrogen-bond donors (Lipinski definition) is 1. The summed E-state index contributed by atoms with van der Waals surface area (Å²) in [5, 5.41) is 17.6. The van der Waals surface area contributed by atoms with E-state index >= 15 is 0 Å². The predicted molar refractivity (Wildman–Crippen MR) is 85.2 cm³/mol. The molecule has 8 nitrogen and oxygen atoms in total. The first-order valence-electron chi connectivity index (χ1n) is 6.94. The molecule has 1 amide bonds. The lowest BCUT2D eigenvalue weighted by atomic mass is 10.1. The molecule has 2 aromatic rings. The number of nitrogens with one attached hydrogen (secondary N) is 1. The molecule has 122 valence electrons. The van der Waals surface area contributed by atoms with Crippen LogP contribution in [-0.2, 0) is 11.8 Å². The number of aryl methyl sites for hydroxylation is 1. The van der Waals surface area contributed by atoms with Gasteiger partial charge in [-0.1, -0.05) is 12.1 Å². The van der Waals surface area contributed by atoms with Crippen LogP contribution >= 0.6 is 0 Å². The fourth-order valence-corrected chi connectivity index (χ4v) is 2.06. The van der Waals surface area contributed by atoms with Crippen molar-refractivity contribution in [3.8, 4) is 11.3 Å². The van der Waals surface area contributed by atoms with Crippen LogP contribution in [0.2, 0.25) is 0 Å². The van der Waals surface area contributed by atoms with Crippen molar-refractivity contribution in [3.05, 3.63) is 40.6 Å². The number of nitrogens with zero attached hydrogens (tertiary/aromatic N) is 3. The average molecular weight is 318 g/mol. The third-order valence-corrected chi connectivity index (χ3v) is 2.90. The zero-order chi connectivity index (χ0) is 17.2. The van der Waals surface area contributed by atoms with Gasteiger partial charge in [-0.2, -0.15) is 5.10 Å². The van der Waals surface area contributed by atoms with Crippen molar-refractivity contribution in [2.45, 2.75) is 26.4 Å². The summed E-state index contributed by atoms with van der Waals surface area (Å²) < 4.78 is 6.60. The van der Waals surface area contributed by atoms with Crippen molar-refractivity contribution in [2.24, 2.45) is 7.05 Å². The predicted octanol–water partition coefficient (Wildman–Crippen LogP) is 3.34. The highest BCUT2D eigenvalue weighted by molar-refractivity contribution is 5.86. The fraction of sp³-hybridized carbons (Fsp3) is 0.333. The first kappa shape index (κ1) is 16.5. The van der Waals surface area contributed by atoms with Gasteiger partial charge >= 0.3 is 11.8 Å². The summed E-state index contributed by atoms with van der Waals surface area (Å²) in [5.41, 5.74) is 0.713. The Hall–Kier alpha value is -2.90. The first-order chi connectivity index (χ1) is 10.7. The van der Waals surface area contributed by atoms with Crippen molar-refractivity contribution < 1.29 is 14.5 Å². The molecule has 0 aliphatic heterocycles. The molecule has 0 saturated heterocycles. The molecule has 0 spiro atoms. The van der Waals surface area contributed by atoms with Crippen LogP contribution in [0.3, 0.4) is 0 Å². The summed E-state index contributed by atoms with van der Waals surface area (Å²) in [4.78, 5) is 22.4. The van der Waals surface area contributed by atoms with E-state index in [0.29, 0.717) is 16.9 Å². The van der Waals surface area contributed by atoms with Crippen molar-refractivity contribution >= 4 is 17.5 Å². The van der Waals surface area contributed by atoms with Gasteiger partial charge in [-0.05, 0) is 32.9 Å². The van der Waals surface area contributed by atoms with Crippen LogP contribution in [0.1, 0.15) is 20.8 Å². The summed E-state index contributed by atoms with van der Waals surface area (Å²) in [6, 6.07) is 6.71. The number of nitro groups is 1. The number of carbonyl (C=O) groups is 1. The highest BCUT2D eigenvalue weighted by Crippen LogP contribution is 2.30. The Bertz CT molecular complexity index is 746. The molecule has 0 aliphatic carbocycles. The van der Waals surface area contributed by atoms with Gasteiger partial charge in [0.1, 0.15) is 17.5 Å². The van der Waals surface area contributed by atoms with E-state index in [9.17, 15) is 14.9 Å². The lowest BCUT2D eigenvalue weighted by Crippen LogP contribution is -2.27. The molecule has 8 heteroatoms. The molecule has 1 heterocycles. The highest BCUT2D eigenvalue weighted by atomic mass is 16.6. The molecule has 1 aromatic heterocycles. The van der Waals surface area contributed by atoms with E-state index in [0.717, 1.165) is 0 Å². The van der Waals surface area contributed by atoms with Crippen molar-refractivity contribution in [2.75, 3.05) is 5.32 Å². The zero-order valence-electron chi connectivity index (χ0n) is 13.4. The smallest absolute Gasteiger partial charge is 0.412 e.